The summed E-state index contributed by atoms with van der Waals surface area (Å²) in [4.78, 5) is 9.40. The van der Waals surface area contributed by atoms with Crippen LogP contribution in [0.1, 0.15) is 0 Å². The molecule has 0 spiro atoms. The minimum absolute atomic E-state index is 0.964. The fourth-order valence-corrected chi connectivity index (χ4v) is 7.27. The molecular weight excluding hydrogens is 653 g/mol. The molecule has 0 bridgehead atoms. The normalized spacial score (nSPS) is 11.0. The molecule has 2 nitrogen and oxygen atoms in total. The van der Waals surface area contributed by atoms with Crippen molar-refractivity contribution in [2.45, 2.75) is 0 Å². The number of rotatable bonds is 8. The Hall–Kier alpha value is -7.16. The van der Waals surface area contributed by atoms with Crippen molar-refractivity contribution in [1.29, 1.82) is 0 Å². The Bertz CT molecular complexity index is 2490. The summed E-state index contributed by atoms with van der Waals surface area (Å²) in [6.45, 7) is 0. The lowest BCUT2D eigenvalue weighted by atomic mass is 9.90. The zero-order valence-electron chi connectivity index (χ0n) is 29.7. The van der Waals surface area contributed by atoms with E-state index in [1.165, 1.54) is 55.6 Å². The van der Waals surface area contributed by atoms with Crippen molar-refractivity contribution in [2.24, 2.45) is 0 Å². The van der Waals surface area contributed by atoms with E-state index >= 15 is 0 Å². The maximum Gasteiger partial charge on any atom is 0.0708 e. The largest absolute Gasteiger partial charge is 0.256 e. The molecule has 0 fully saturated rings. The Morgan fingerprint density at radius 3 is 0.944 bits per heavy atom. The van der Waals surface area contributed by atoms with Crippen LogP contribution in [-0.2, 0) is 0 Å². The van der Waals surface area contributed by atoms with E-state index < -0.39 is 0 Å². The standard InChI is InChI=1S/C52H36N2/c1-3-12-37(13-4-1)43-30-32-53-51(35-43)41-26-22-39(23-27-41)47-18-7-9-20-49(47)45-16-11-17-46(34-45)50-21-10-8-19-48(50)40-24-28-42(29-25-40)52-36-44(31-33-54-52)38-14-5-2-6-15-38/h1-36H. The Balaban J connectivity index is 1.00. The second kappa shape index (κ2) is 14.8. The fourth-order valence-electron chi connectivity index (χ4n) is 7.27. The SMILES string of the molecule is c1ccc(-c2ccnc(-c3ccc(-c4ccccc4-c4cccc(-c5ccccc5-c5ccc(-c6cc(-c7ccccc7)ccn6)cc5)c4)cc3)c2)cc1. The van der Waals surface area contributed by atoms with Crippen LogP contribution < -0.4 is 0 Å². The van der Waals surface area contributed by atoms with Gasteiger partial charge in [0.05, 0.1) is 11.4 Å². The summed E-state index contributed by atoms with van der Waals surface area (Å²) in [5.74, 6) is 0. The van der Waals surface area contributed by atoms with Crippen molar-refractivity contribution in [3.05, 3.63) is 219 Å². The summed E-state index contributed by atoms with van der Waals surface area (Å²) >= 11 is 0. The molecule has 9 aromatic rings. The minimum Gasteiger partial charge on any atom is -0.256 e. The number of hydrogen-bond acceptors (Lipinski definition) is 2. The highest BCUT2D eigenvalue weighted by Gasteiger charge is 2.13. The predicted octanol–water partition coefficient (Wildman–Crippen LogP) is 13.8. The highest BCUT2D eigenvalue weighted by Crippen LogP contribution is 2.38. The van der Waals surface area contributed by atoms with Gasteiger partial charge in [0.15, 0.2) is 0 Å². The van der Waals surface area contributed by atoms with Gasteiger partial charge in [-0.2, -0.15) is 0 Å². The smallest absolute Gasteiger partial charge is 0.0708 e. The molecule has 2 heterocycles. The van der Waals surface area contributed by atoms with E-state index in [0.717, 1.165) is 33.6 Å². The Morgan fingerprint density at radius 1 is 0.204 bits per heavy atom. The van der Waals surface area contributed by atoms with E-state index in [2.05, 4.69) is 194 Å². The zero-order valence-corrected chi connectivity index (χ0v) is 29.7. The Morgan fingerprint density at radius 2 is 0.537 bits per heavy atom. The van der Waals surface area contributed by atoms with Crippen molar-refractivity contribution < 1.29 is 0 Å². The van der Waals surface area contributed by atoms with Gasteiger partial charge in [0, 0.05) is 23.5 Å². The Labute approximate surface area is 316 Å². The lowest BCUT2D eigenvalue weighted by molar-refractivity contribution is 1.33. The molecule has 0 N–H and O–H groups in total. The van der Waals surface area contributed by atoms with Gasteiger partial charge in [-0.25, -0.2) is 0 Å². The van der Waals surface area contributed by atoms with Gasteiger partial charge in [0.25, 0.3) is 0 Å². The van der Waals surface area contributed by atoms with Gasteiger partial charge >= 0.3 is 0 Å². The first kappa shape index (κ1) is 32.7. The molecule has 254 valence electrons. The second-order valence-corrected chi connectivity index (χ2v) is 13.4. The molecule has 0 aliphatic heterocycles. The zero-order chi connectivity index (χ0) is 36.1. The van der Waals surface area contributed by atoms with Gasteiger partial charge < -0.3 is 0 Å². The van der Waals surface area contributed by atoms with E-state index in [9.17, 15) is 0 Å². The third kappa shape index (κ3) is 6.77. The molecule has 0 amide bonds. The van der Waals surface area contributed by atoms with Crippen molar-refractivity contribution >= 4 is 0 Å². The molecular formula is C52H36N2. The van der Waals surface area contributed by atoms with Crippen LogP contribution in [-0.4, -0.2) is 9.97 Å². The van der Waals surface area contributed by atoms with Gasteiger partial charge in [0.1, 0.15) is 0 Å². The number of pyridine rings is 2. The van der Waals surface area contributed by atoms with Gasteiger partial charge in [0.2, 0.25) is 0 Å². The maximum absolute atomic E-state index is 4.70. The van der Waals surface area contributed by atoms with Crippen LogP contribution in [0.4, 0.5) is 0 Å². The van der Waals surface area contributed by atoms with Crippen LogP contribution in [0, 0.1) is 0 Å². The van der Waals surface area contributed by atoms with Crippen LogP contribution in [0.5, 0.6) is 0 Å². The first-order valence-corrected chi connectivity index (χ1v) is 18.3. The van der Waals surface area contributed by atoms with Crippen LogP contribution >= 0.6 is 0 Å². The van der Waals surface area contributed by atoms with E-state index in [-0.39, 0.29) is 0 Å². The topological polar surface area (TPSA) is 25.8 Å². The molecule has 54 heavy (non-hydrogen) atoms. The van der Waals surface area contributed by atoms with Crippen molar-refractivity contribution in [3.63, 3.8) is 0 Å². The van der Waals surface area contributed by atoms with Gasteiger partial charge in [-0.15, -0.1) is 0 Å². The van der Waals surface area contributed by atoms with Crippen LogP contribution in [0.25, 0.3) is 89.3 Å². The van der Waals surface area contributed by atoms with E-state index in [4.69, 9.17) is 9.97 Å². The summed E-state index contributed by atoms with van der Waals surface area (Å²) in [5.41, 5.74) is 18.3. The second-order valence-electron chi connectivity index (χ2n) is 13.4. The lowest BCUT2D eigenvalue weighted by Gasteiger charge is -2.14. The van der Waals surface area contributed by atoms with Gasteiger partial charge in [-0.3, -0.25) is 9.97 Å². The van der Waals surface area contributed by atoms with Crippen molar-refractivity contribution in [3.8, 4) is 89.3 Å². The summed E-state index contributed by atoms with van der Waals surface area (Å²) in [7, 11) is 0. The molecule has 2 aromatic heterocycles. The highest BCUT2D eigenvalue weighted by atomic mass is 14.7. The summed E-state index contributed by atoms with van der Waals surface area (Å²) in [6.07, 6.45) is 3.79. The molecule has 0 saturated carbocycles. The van der Waals surface area contributed by atoms with Crippen molar-refractivity contribution in [1.82, 2.24) is 9.97 Å². The van der Waals surface area contributed by atoms with Gasteiger partial charge in [-0.1, -0.05) is 176 Å². The van der Waals surface area contributed by atoms with E-state index in [0.29, 0.717) is 0 Å². The third-order valence-corrected chi connectivity index (χ3v) is 10.1. The molecule has 0 aliphatic rings. The molecule has 0 atom stereocenters. The predicted molar refractivity (Wildman–Crippen MR) is 226 cm³/mol. The number of nitrogens with zero attached hydrogens (tertiary/aromatic N) is 2. The van der Waals surface area contributed by atoms with Crippen LogP contribution in [0.2, 0.25) is 0 Å². The molecule has 0 radical (unpaired) electrons. The molecule has 2 heteroatoms. The minimum atomic E-state index is 0.964. The Kier molecular flexibility index (Phi) is 8.99. The number of benzene rings is 7. The molecule has 0 saturated heterocycles. The first-order chi connectivity index (χ1) is 26.8. The highest BCUT2D eigenvalue weighted by molar-refractivity contribution is 5.89. The number of aromatic nitrogens is 2. The van der Waals surface area contributed by atoms with E-state index in [1.807, 2.05) is 24.5 Å². The van der Waals surface area contributed by atoms with Crippen LogP contribution in [0.15, 0.2) is 219 Å². The van der Waals surface area contributed by atoms with Crippen molar-refractivity contribution in [2.75, 3.05) is 0 Å². The first-order valence-electron chi connectivity index (χ1n) is 18.3. The number of hydrogen-bond donors (Lipinski definition) is 0. The molecule has 0 aliphatic carbocycles. The monoisotopic (exact) mass is 688 g/mol. The average Bonchev–Trinajstić information content (AvgIpc) is 3.27. The van der Waals surface area contributed by atoms with Gasteiger partial charge in [-0.05, 0) is 97.1 Å². The summed E-state index contributed by atoms with van der Waals surface area (Å²) in [6, 6.07) is 73.2. The quantitative estimate of drug-likeness (QED) is 0.159. The average molecular weight is 689 g/mol. The van der Waals surface area contributed by atoms with E-state index in [1.54, 1.807) is 0 Å². The van der Waals surface area contributed by atoms with Crippen LogP contribution in [0.3, 0.4) is 0 Å². The lowest BCUT2D eigenvalue weighted by Crippen LogP contribution is -1.89. The fraction of sp³-hybridized carbons (Fsp3) is 0. The summed E-state index contributed by atoms with van der Waals surface area (Å²) in [5, 5.41) is 0. The molecule has 0 unspecified atom stereocenters. The molecule has 7 aromatic carbocycles. The molecule has 9 rings (SSSR count). The summed E-state index contributed by atoms with van der Waals surface area (Å²) < 4.78 is 0. The third-order valence-electron chi connectivity index (χ3n) is 10.1. The maximum atomic E-state index is 4.70.